The number of hydrogen-bond acceptors (Lipinski definition) is 3. The highest BCUT2D eigenvalue weighted by Crippen LogP contribution is 2.17. The topological polar surface area (TPSA) is 67.2 Å². The molecule has 0 saturated heterocycles. The summed E-state index contributed by atoms with van der Waals surface area (Å²) in [6, 6.07) is 14.8. The number of carbonyl (C=O) groups excluding carboxylic acids is 1. The normalized spacial score (nSPS) is 11.9. The van der Waals surface area contributed by atoms with Gasteiger partial charge < -0.3 is 10.4 Å². The summed E-state index contributed by atoms with van der Waals surface area (Å²) in [7, 11) is 0. The lowest BCUT2D eigenvalue weighted by molar-refractivity contribution is -0.124. The van der Waals surface area contributed by atoms with Crippen molar-refractivity contribution in [2.45, 2.75) is 6.10 Å². The Labute approximate surface area is 132 Å². The van der Waals surface area contributed by atoms with Crippen LogP contribution < -0.4 is 5.32 Å². The van der Waals surface area contributed by atoms with E-state index < -0.39 is 17.8 Å². The summed E-state index contributed by atoms with van der Waals surface area (Å²) in [5.74, 6) is -0.998. The van der Waals surface area contributed by atoms with Crippen LogP contribution in [-0.2, 0) is 4.79 Å². The predicted octanol–water partition coefficient (Wildman–Crippen LogP) is 2.68. The van der Waals surface area contributed by atoms with Crippen molar-refractivity contribution < 1.29 is 14.3 Å². The maximum absolute atomic E-state index is 13.7. The second-order valence-electron chi connectivity index (χ2n) is 4.93. The molecule has 0 unspecified atom stereocenters. The first-order chi connectivity index (χ1) is 11.1. The van der Waals surface area contributed by atoms with Gasteiger partial charge in [0.25, 0.3) is 5.91 Å². The summed E-state index contributed by atoms with van der Waals surface area (Å²) in [5, 5.41) is 16.6. The molecule has 0 aliphatic carbocycles. The molecule has 6 heteroatoms. The predicted molar refractivity (Wildman–Crippen MR) is 83.6 cm³/mol. The second kappa shape index (κ2) is 6.41. The first-order valence-electron chi connectivity index (χ1n) is 6.98. The van der Waals surface area contributed by atoms with Crippen molar-refractivity contribution in [3.8, 4) is 5.69 Å². The Morgan fingerprint density at radius 3 is 2.57 bits per heavy atom. The maximum Gasteiger partial charge on any atom is 0.257 e. The summed E-state index contributed by atoms with van der Waals surface area (Å²) >= 11 is 0. The summed E-state index contributed by atoms with van der Waals surface area (Å²) < 4.78 is 15.0. The standard InChI is InChI=1S/C17H14FN3O2/c18-14-8-4-5-9-15(14)21-11-13(10-19-21)20-17(23)16(22)12-6-2-1-3-7-12/h1-11,16,22H,(H,20,23)/t16-/m0/s1. The average Bonchev–Trinajstić information content (AvgIpc) is 3.03. The molecular formula is C17H14FN3O2. The molecule has 3 aromatic rings. The maximum atomic E-state index is 13.7. The van der Waals surface area contributed by atoms with Crippen LogP contribution in [0.5, 0.6) is 0 Å². The fourth-order valence-electron chi connectivity index (χ4n) is 2.15. The number of nitrogens with one attached hydrogen (secondary N) is 1. The molecule has 3 rings (SSSR count). The van der Waals surface area contributed by atoms with Crippen molar-refractivity contribution in [1.29, 1.82) is 0 Å². The van der Waals surface area contributed by atoms with Gasteiger partial charge >= 0.3 is 0 Å². The molecule has 1 amide bonds. The third kappa shape index (κ3) is 3.27. The molecule has 0 spiro atoms. The quantitative estimate of drug-likeness (QED) is 0.778. The first kappa shape index (κ1) is 14.9. The van der Waals surface area contributed by atoms with E-state index >= 15 is 0 Å². The second-order valence-corrected chi connectivity index (χ2v) is 4.93. The van der Waals surface area contributed by atoms with E-state index in [2.05, 4.69) is 10.4 Å². The van der Waals surface area contributed by atoms with Gasteiger partial charge in [-0.1, -0.05) is 42.5 Å². The Kier molecular flexibility index (Phi) is 4.16. The van der Waals surface area contributed by atoms with Crippen LogP contribution in [0.3, 0.4) is 0 Å². The van der Waals surface area contributed by atoms with Gasteiger partial charge in [-0.05, 0) is 17.7 Å². The van der Waals surface area contributed by atoms with Crippen molar-refractivity contribution in [2.75, 3.05) is 5.32 Å². The molecule has 1 aromatic heterocycles. The zero-order valence-corrected chi connectivity index (χ0v) is 12.1. The molecule has 23 heavy (non-hydrogen) atoms. The minimum absolute atomic E-state index is 0.275. The zero-order chi connectivity index (χ0) is 16.2. The van der Waals surface area contributed by atoms with Gasteiger partial charge in [-0.15, -0.1) is 0 Å². The van der Waals surface area contributed by atoms with Crippen LogP contribution in [0.1, 0.15) is 11.7 Å². The third-order valence-electron chi connectivity index (χ3n) is 3.31. The lowest BCUT2D eigenvalue weighted by Crippen LogP contribution is -2.20. The number of carbonyl (C=O) groups is 1. The van der Waals surface area contributed by atoms with Crippen LogP contribution in [0.15, 0.2) is 67.0 Å². The highest BCUT2D eigenvalue weighted by atomic mass is 19.1. The fraction of sp³-hybridized carbons (Fsp3) is 0.0588. The molecule has 0 fully saturated rings. The van der Waals surface area contributed by atoms with Crippen LogP contribution in [0.4, 0.5) is 10.1 Å². The molecule has 0 aliphatic heterocycles. The average molecular weight is 311 g/mol. The molecule has 5 nitrogen and oxygen atoms in total. The largest absolute Gasteiger partial charge is 0.378 e. The molecule has 1 heterocycles. The summed E-state index contributed by atoms with van der Waals surface area (Å²) in [6.45, 7) is 0. The summed E-state index contributed by atoms with van der Waals surface area (Å²) in [4.78, 5) is 12.1. The number of rotatable bonds is 4. The van der Waals surface area contributed by atoms with E-state index in [4.69, 9.17) is 0 Å². The van der Waals surface area contributed by atoms with E-state index in [-0.39, 0.29) is 5.69 Å². The molecule has 2 aromatic carbocycles. The summed E-state index contributed by atoms with van der Waals surface area (Å²) in [5.41, 5.74) is 1.14. The lowest BCUT2D eigenvalue weighted by atomic mass is 10.1. The molecule has 2 N–H and O–H groups in total. The van der Waals surface area contributed by atoms with E-state index in [9.17, 15) is 14.3 Å². The SMILES string of the molecule is O=C(Nc1cnn(-c2ccccc2F)c1)[C@@H](O)c1ccccc1. The van der Waals surface area contributed by atoms with E-state index in [1.54, 1.807) is 48.5 Å². The van der Waals surface area contributed by atoms with Gasteiger partial charge in [-0.2, -0.15) is 5.10 Å². The Hall–Kier alpha value is -2.99. The Morgan fingerprint density at radius 2 is 1.83 bits per heavy atom. The fourth-order valence-corrected chi connectivity index (χ4v) is 2.15. The van der Waals surface area contributed by atoms with Gasteiger partial charge in [0.1, 0.15) is 11.5 Å². The van der Waals surface area contributed by atoms with Gasteiger partial charge in [0, 0.05) is 0 Å². The van der Waals surface area contributed by atoms with Crippen molar-refractivity contribution in [2.24, 2.45) is 0 Å². The lowest BCUT2D eigenvalue weighted by Gasteiger charge is -2.10. The number of halogens is 1. The van der Waals surface area contributed by atoms with Crippen molar-refractivity contribution in [3.05, 3.63) is 78.4 Å². The minimum Gasteiger partial charge on any atom is -0.378 e. The molecule has 0 radical (unpaired) electrons. The smallest absolute Gasteiger partial charge is 0.257 e. The highest BCUT2D eigenvalue weighted by molar-refractivity contribution is 5.94. The van der Waals surface area contributed by atoms with Crippen molar-refractivity contribution >= 4 is 11.6 Å². The number of aliphatic hydroxyl groups excluding tert-OH is 1. The highest BCUT2D eigenvalue weighted by Gasteiger charge is 2.18. The third-order valence-corrected chi connectivity index (χ3v) is 3.31. The Morgan fingerprint density at radius 1 is 1.13 bits per heavy atom. The van der Waals surface area contributed by atoms with E-state index in [0.29, 0.717) is 11.3 Å². The number of aliphatic hydroxyl groups is 1. The van der Waals surface area contributed by atoms with E-state index in [1.165, 1.54) is 23.1 Å². The van der Waals surface area contributed by atoms with Crippen LogP contribution in [-0.4, -0.2) is 20.8 Å². The number of nitrogens with zero attached hydrogens (tertiary/aromatic N) is 2. The Bertz CT molecular complexity index is 817. The number of aromatic nitrogens is 2. The number of para-hydroxylation sites is 1. The van der Waals surface area contributed by atoms with E-state index in [0.717, 1.165) is 0 Å². The van der Waals surface area contributed by atoms with Crippen LogP contribution in [0.25, 0.3) is 5.69 Å². The van der Waals surface area contributed by atoms with Crippen molar-refractivity contribution in [3.63, 3.8) is 0 Å². The van der Waals surface area contributed by atoms with Gasteiger partial charge in [0.15, 0.2) is 6.10 Å². The van der Waals surface area contributed by atoms with Gasteiger partial charge in [0.2, 0.25) is 0 Å². The number of anilines is 1. The molecule has 116 valence electrons. The minimum atomic E-state index is -1.28. The molecule has 0 saturated carbocycles. The van der Waals surface area contributed by atoms with Crippen LogP contribution in [0.2, 0.25) is 0 Å². The first-order valence-corrected chi connectivity index (χ1v) is 6.98. The van der Waals surface area contributed by atoms with Gasteiger partial charge in [-0.25, -0.2) is 9.07 Å². The summed E-state index contributed by atoms with van der Waals surface area (Å²) in [6.07, 6.45) is 1.59. The van der Waals surface area contributed by atoms with Crippen LogP contribution in [0, 0.1) is 5.82 Å². The number of benzene rings is 2. The molecule has 1 atom stereocenters. The molecule has 0 bridgehead atoms. The van der Waals surface area contributed by atoms with Gasteiger partial charge in [0.05, 0.1) is 18.1 Å². The zero-order valence-electron chi connectivity index (χ0n) is 12.1. The number of amides is 1. The number of hydrogen-bond donors (Lipinski definition) is 2. The van der Waals surface area contributed by atoms with Crippen molar-refractivity contribution in [1.82, 2.24) is 9.78 Å². The molecular weight excluding hydrogens is 297 g/mol. The Balaban J connectivity index is 1.74. The molecule has 0 aliphatic rings. The van der Waals surface area contributed by atoms with E-state index in [1.807, 2.05) is 0 Å². The monoisotopic (exact) mass is 311 g/mol. The van der Waals surface area contributed by atoms with Gasteiger partial charge in [-0.3, -0.25) is 4.79 Å². The van der Waals surface area contributed by atoms with Crippen LogP contribution >= 0.6 is 0 Å².